The first-order valence-corrected chi connectivity index (χ1v) is 26.9. The van der Waals surface area contributed by atoms with Crippen LogP contribution in [0.5, 0.6) is 5.75 Å². The lowest BCUT2D eigenvalue weighted by Crippen LogP contribution is -2.58. The van der Waals surface area contributed by atoms with Gasteiger partial charge in [0.05, 0.1) is 16.4 Å². The monoisotopic (exact) mass is 963 g/mol. The molecule has 7 aliphatic rings. The Balaban J connectivity index is 0.928. The van der Waals surface area contributed by atoms with E-state index in [0.717, 1.165) is 55.8 Å². The van der Waals surface area contributed by atoms with Gasteiger partial charge in [0.15, 0.2) is 0 Å². The maximum atomic E-state index is 7.82. The molecule has 0 amide bonds. The molecule has 3 heterocycles. The van der Waals surface area contributed by atoms with Gasteiger partial charge >= 0.3 is 0 Å². The fourth-order valence-corrected chi connectivity index (χ4v) is 16.5. The Kier molecular flexibility index (Phi) is 7.65. The lowest BCUT2D eigenvalue weighted by Gasteiger charge is -2.59. The van der Waals surface area contributed by atoms with Crippen LogP contribution in [0.1, 0.15) is 86.1 Å². The van der Waals surface area contributed by atoms with Crippen LogP contribution in [0.3, 0.4) is 0 Å². The number of para-hydroxylation sites is 2. The fraction of sp³-hybridized carbons (Fsp3) is 0.167. The Labute approximate surface area is 437 Å². The normalized spacial score (nSPS) is 23.6. The van der Waals surface area contributed by atoms with Crippen LogP contribution in [0.4, 0.5) is 11.4 Å². The molecule has 3 nitrogen and oxygen atoms in total. The van der Waals surface area contributed by atoms with Crippen LogP contribution in [0.2, 0.25) is 0 Å². The molecule has 3 heteroatoms. The fourth-order valence-electron chi connectivity index (χ4n) is 16.5. The molecule has 17 rings (SSSR count). The third-order valence-corrected chi connectivity index (χ3v) is 19.6. The topological polar surface area (TPSA) is 25.6 Å². The quantitative estimate of drug-likeness (QED) is 0.161. The average Bonchev–Trinajstić information content (AvgIpc) is 4.32. The lowest BCUT2D eigenvalue weighted by molar-refractivity contribution is 0.349. The zero-order valence-corrected chi connectivity index (χ0v) is 43.0. The van der Waals surface area contributed by atoms with Gasteiger partial charge in [0.2, 0.25) is 0 Å². The van der Waals surface area contributed by atoms with Crippen LogP contribution < -0.4 is 9.64 Å². The van der Waals surface area contributed by atoms with Crippen molar-refractivity contribution in [2.24, 2.45) is 5.92 Å². The van der Waals surface area contributed by atoms with Gasteiger partial charge in [-0.15, -0.1) is 0 Å². The summed E-state index contributed by atoms with van der Waals surface area (Å²) in [5.74, 6) is 2.01. The first-order chi connectivity index (χ1) is 36.5. The molecular weight excluding hydrogens is 911 g/mol. The highest BCUT2D eigenvalue weighted by Gasteiger charge is 2.62. The van der Waals surface area contributed by atoms with Gasteiger partial charge in [-0.1, -0.05) is 185 Å². The lowest BCUT2D eigenvalue weighted by atomic mass is 9.52. The van der Waals surface area contributed by atoms with E-state index in [1.54, 1.807) is 0 Å². The SMILES string of the molecule is CC1C=CC2(C)C3=C1C1(C)C(=CC3(C)N(c3ccc4c(c3)C3(c5ccccc5-c5ccccc53)c3ccccc3-4)c3ccccc32)Oc2c1cc1oc3ccccc3c1c2-c1ccc2c(c1)C(C)(C)c1ccccc1-2. The van der Waals surface area contributed by atoms with Gasteiger partial charge in [-0.25, -0.2) is 0 Å². The second-order valence-corrected chi connectivity index (χ2v) is 23.5. The minimum Gasteiger partial charge on any atom is -0.460 e. The minimum absolute atomic E-state index is 0.112. The summed E-state index contributed by atoms with van der Waals surface area (Å²) in [6.07, 6.45) is 7.52. The molecule has 9 aromatic carbocycles. The van der Waals surface area contributed by atoms with Crippen LogP contribution >= 0.6 is 0 Å². The van der Waals surface area contributed by atoms with Crippen molar-refractivity contribution < 1.29 is 9.15 Å². The molecule has 4 atom stereocenters. The van der Waals surface area contributed by atoms with Crippen molar-refractivity contribution in [2.45, 2.75) is 68.7 Å². The van der Waals surface area contributed by atoms with Gasteiger partial charge in [-0.2, -0.15) is 0 Å². The van der Waals surface area contributed by atoms with Gasteiger partial charge in [0.1, 0.15) is 22.7 Å². The van der Waals surface area contributed by atoms with Gasteiger partial charge in [-0.3, -0.25) is 0 Å². The predicted octanol–water partition coefficient (Wildman–Crippen LogP) is 17.8. The minimum atomic E-state index is -0.651. The molecule has 4 unspecified atom stereocenters. The summed E-state index contributed by atoms with van der Waals surface area (Å²) >= 11 is 0. The number of anilines is 2. The molecule has 0 bridgehead atoms. The molecule has 1 aromatic heterocycles. The van der Waals surface area contributed by atoms with Crippen LogP contribution in [-0.4, -0.2) is 5.54 Å². The first kappa shape index (κ1) is 42.0. The van der Waals surface area contributed by atoms with Crippen molar-refractivity contribution in [2.75, 3.05) is 4.90 Å². The number of nitrogens with zero attached hydrogens (tertiary/aromatic N) is 1. The second kappa shape index (κ2) is 13.7. The standard InChI is InChI=1S/C72H53NO2/c1-41-35-36-69(4)55-28-16-17-29-59(55)73(43-32-34-49-47-22-10-15-27-54(47)72(57(49)38-43)52-25-13-8-20-45(52)46-21-9-14-26-53(46)72)70(5)40-62-71(6,65(41)67(69)70)58-39-61-64(50-23-11-18-30-60(50)74-61)63(66(58)75-62)42-31-33-48-44-19-7-12-24-51(44)68(2,3)56(48)37-42/h7-41H,1-6H3. The van der Waals surface area contributed by atoms with Crippen molar-refractivity contribution in [3.8, 4) is 50.3 Å². The number of fused-ring (bicyclic) bond motifs is 22. The molecule has 1 spiro atoms. The van der Waals surface area contributed by atoms with E-state index in [-0.39, 0.29) is 11.3 Å². The molecule has 0 saturated heterocycles. The predicted molar refractivity (Wildman–Crippen MR) is 305 cm³/mol. The summed E-state index contributed by atoms with van der Waals surface area (Å²) < 4.78 is 14.8. The first-order valence-electron chi connectivity index (χ1n) is 26.9. The van der Waals surface area contributed by atoms with Gasteiger partial charge in [-0.05, 0) is 158 Å². The van der Waals surface area contributed by atoms with Crippen molar-refractivity contribution in [3.05, 3.63) is 268 Å². The molecule has 2 aliphatic heterocycles. The highest BCUT2D eigenvalue weighted by atomic mass is 16.5. The zero-order valence-electron chi connectivity index (χ0n) is 43.0. The Morgan fingerprint density at radius 2 is 1.07 bits per heavy atom. The number of allylic oxidation sites excluding steroid dienone is 3. The highest BCUT2D eigenvalue weighted by molar-refractivity contribution is 6.15. The largest absolute Gasteiger partial charge is 0.460 e. The summed E-state index contributed by atoms with van der Waals surface area (Å²) in [4.78, 5) is 2.68. The van der Waals surface area contributed by atoms with Crippen LogP contribution in [0, 0.1) is 5.92 Å². The average molecular weight is 964 g/mol. The second-order valence-electron chi connectivity index (χ2n) is 23.5. The van der Waals surface area contributed by atoms with E-state index in [4.69, 9.17) is 9.15 Å². The van der Waals surface area contributed by atoms with Crippen molar-refractivity contribution >= 4 is 33.3 Å². The summed E-state index contributed by atoms with van der Waals surface area (Å²) in [6.45, 7) is 14.5. The third kappa shape index (κ3) is 4.74. The number of ether oxygens (including phenoxy) is 1. The van der Waals surface area contributed by atoms with Crippen LogP contribution in [0.15, 0.2) is 228 Å². The van der Waals surface area contributed by atoms with E-state index in [9.17, 15) is 0 Å². The highest BCUT2D eigenvalue weighted by Crippen LogP contribution is 2.69. The van der Waals surface area contributed by atoms with Gasteiger partial charge in [0.25, 0.3) is 0 Å². The zero-order chi connectivity index (χ0) is 50.1. The van der Waals surface area contributed by atoms with Crippen molar-refractivity contribution in [1.82, 2.24) is 0 Å². The van der Waals surface area contributed by atoms with E-state index < -0.39 is 21.8 Å². The summed E-state index contributed by atoms with van der Waals surface area (Å²) in [6, 6.07) is 70.9. The molecule has 358 valence electrons. The number of benzene rings is 9. The Bertz CT molecular complexity index is 4340. The number of rotatable bonds is 2. The number of furan rings is 1. The molecule has 0 radical (unpaired) electrons. The summed E-state index contributed by atoms with van der Waals surface area (Å²) in [7, 11) is 0. The van der Waals surface area contributed by atoms with Crippen molar-refractivity contribution in [1.29, 1.82) is 0 Å². The molecule has 10 aromatic rings. The summed E-state index contributed by atoms with van der Waals surface area (Å²) in [5, 5.41) is 2.20. The number of hydrogen-bond acceptors (Lipinski definition) is 3. The van der Waals surface area contributed by atoms with Gasteiger partial charge in [0, 0.05) is 44.1 Å². The maximum absolute atomic E-state index is 7.82. The van der Waals surface area contributed by atoms with Crippen LogP contribution in [-0.2, 0) is 21.7 Å². The molecule has 0 saturated carbocycles. The number of hydrogen-bond donors (Lipinski definition) is 0. The van der Waals surface area contributed by atoms with E-state index in [2.05, 4.69) is 253 Å². The molecule has 75 heavy (non-hydrogen) atoms. The smallest absolute Gasteiger partial charge is 0.140 e. The maximum Gasteiger partial charge on any atom is 0.140 e. The molecule has 0 N–H and O–H groups in total. The Morgan fingerprint density at radius 1 is 0.493 bits per heavy atom. The van der Waals surface area contributed by atoms with Crippen LogP contribution in [0.25, 0.3) is 66.4 Å². The molecule has 0 fully saturated rings. The molecular formula is C72H53NO2. The van der Waals surface area contributed by atoms with E-state index >= 15 is 0 Å². The third-order valence-electron chi connectivity index (χ3n) is 19.6. The Morgan fingerprint density at radius 3 is 1.77 bits per heavy atom. The van der Waals surface area contributed by atoms with E-state index in [1.807, 2.05) is 0 Å². The van der Waals surface area contributed by atoms with E-state index in [1.165, 1.54) is 89.2 Å². The summed E-state index contributed by atoms with van der Waals surface area (Å²) in [5.41, 5.74) is 25.3. The van der Waals surface area contributed by atoms with Crippen molar-refractivity contribution in [3.63, 3.8) is 0 Å². The van der Waals surface area contributed by atoms with E-state index in [0.29, 0.717) is 0 Å². The van der Waals surface area contributed by atoms with Gasteiger partial charge < -0.3 is 14.1 Å². The molecule has 5 aliphatic carbocycles. The Hall–Kier alpha value is -8.40.